The number of benzene rings is 1. The van der Waals surface area contributed by atoms with Crippen molar-refractivity contribution in [2.75, 3.05) is 19.6 Å². The Morgan fingerprint density at radius 3 is 2.45 bits per heavy atom. The molecule has 3 rings (SSSR count). The van der Waals surface area contributed by atoms with Crippen molar-refractivity contribution in [1.29, 1.82) is 0 Å². The van der Waals surface area contributed by atoms with Gasteiger partial charge >= 0.3 is 0 Å². The first-order valence-corrected chi connectivity index (χ1v) is 7.86. The van der Waals surface area contributed by atoms with Crippen molar-refractivity contribution in [2.45, 2.75) is 44.1 Å². The first kappa shape index (κ1) is 15.8. The van der Waals surface area contributed by atoms with E-state index < -0.39 is 0 Å². The van der Waals surface area contributed by atoms with E-state index in [0.29, 0.717) is 12.0 Å². The number of nitrogens with two attached hydrogens (primary N) is 1. The van der Waals surface area contributed by atoms with Gasteiger partial charge in [0.1, 0.15) is 0 Å². The van der Waals surface area contributed by atoms with E-state index in [1.165, 1.54) is 44.2 Å². The number of halogens is 1. The van der Waals surface area contributed by atoms with Gasteiger partial charge in [0.05, 0.1) is 0 Å². The average Bonchev–Trinajstić information content (AvgIpc) is 3.07. The molecule has 1 aliphatic carbocycles. The quantitative estimate of drug-likeness (QED) is 0.922. The summed E-state index contributed by atoms with van der Waals surface area (Å²) in [6.45, 7) is 3.48. The first-order valence-electron chi connectivity index (χ1n) is 7.86. The predicted molar refractivity (Wildman–Crippen MR) is 87.4 cm³/mol. The van der Waals surface area contributed by atoms with Gasteiger partial charge in [0.15, 0.2) is 0 Å². The van der Waals surface area contributed by atoms with Crippen LogP contribution in [0.15, 0.2) is 30.3 Å². The normalized spacial score (nSPS) is 27.6. The van der Waals surface area contributed by atoms with E-state index in [2.05, 4.69) is 35.2 Å². The maximum atomic E-state index is 6.34. The van der Waals surface area contributed by atoms with Crippen LogP contribution in [0.1, 0.15) is 43.6 Å². The molecule has 112 valence electrons. The molecule has 3 heteroatoms. The molecule has 20 heavy (non-hydrogen) atoms. The molecule has 0 bridgehead atoms. The van der Waals surface area contributed by atoms with Crippen molar-refractivity contribution in [1.82, 2.24) is 4.90 Å². The predicted octanol–water partition coefficient (Wildman–Crippen LogP) is 3.42. The van der Waals surface area contributed by atoms with Crippen LogP contribution in [0, 0.1) is 5.92 Å². The highest BCUT2D eigenvalue weighted by atomic mass is 35.5. The molecule has 2 N–H and O–H groups in total. The third-order valence-corrected chi connectivity index (χ3v) is 5.00. The van der Waals surface area contributed by atoms with Gasteiger partial charge in [0.25, 0.3) is 0 Å². The molecule has 1 aliphatic heterocycles. The summed E-state index contributed by atoms with van der Waals surface area (Å²) in [5.74, 6) is 1.52. The fraction of sp³-hybridized carbons (Fsp3) is 0.647. The molecule has 0 aromatic heterocycles. The van der Waals surface area contributed by atoms with Crippen LogP contribution in [0.2, 0.25) is 0 Å². The second-order valence-corrected chi connectivity index (χ2v) is 6.38. The Bertz CT molecular complexity index is 389. The van der Waals surface area contributed by atoms with E-state index in [-0.39, 0.29) is 12.4 Å². The van der Waals surface area contributed by atoms with Crippen molar-refractivity contribution < 1.29 is 0 Å². The lowest BCUT2D eigenvalue weighted by molar-refractivity contribution is 0.297. The van der Waals surface area contributed by atoms with Crippen LogP contribution in [0.4, 0.5) is 0 Å². The largest absolute Gasteiger partial charge is 0.326 e. The van der Waals surface area contributed by atoms with Gasteiger partial charge in [-0.2, -0.15) is 0 Å². The molecule has 1 heterocycles. The number of nitrogens with zero attached hydrogens (tertiary/aromatic N) is 1. The average molecular weight is 295 g/mol. The lowest BCUT2D eigenvalue weighted by atomic mass is 9.95. The molecule has 1 aromatic rings. The third-order valence-electron chi connectivity index (χ3n) is 5.00. The van der Waals surface area contributed by atoms with Crippen LogP contribution >= 0.6 is 12.4 Å². The minimum Gasteiger partial charge on any atom is -0.326 e. The van der Waals surface area contributed by atoms with Crippen molar-refractivity contribution in [3.8, 4) is 0 Å². The minimum atomic E-state index is 0. The monoisotopic (exact) mass is 294 g/mol. The van der Waals surface area contributed by atoms with Crippen LogP contribution in [0.5, 0.6) is 0 Å². The van der Waals surface area contributed by atoms with Crippen molar-refractivity contribution in [2.24, 2.45) is 11.7 Å². The smallest absolute Gasteiger partial charge is 0.0249 e. The van der Waals surface area contributed by atoms with Crippen molar-refractivity contribution >= 4 is 12.4 Å². The van der Waals surface area contributed by atoms with Crippen LogP contribution in [0.25, 0.3) is 0 Å². The van der Waals surface area contributed by atoms with E-state index in [9.17, 15) is 0 Å². The Hall–Kier alpha value is -0.570. The molecule has 0 unspecified atom stereocenters. The molecule has 0 spiro atoms. The van der Waals surface area contributed by atoms with Gasteiger partial charge in [-0.05, 0) is 24.4 Å². The summed E-state index contributed by atoms with van der Waals surface area (Å²) >= 11 is 0. The lowest BCUT2D eigenvalue weighted by Crippen LogP contribution is -2.29. The Balaban J connectivity index is 0.00000147. The standard InChI is InChI=1S/C17H26N2.ClH/c18-17-13-19(11-10-14-6-4-5-7-14)12-16(17)15-8-2-1-3-9-15;/h1-3,8-9,14,16-17H,4-7,10-13,18H2;1H/t16-,17+;/m0./s1. The zero-order valence-corrected chi connectivity index (χ0v) is 13.0. The summed E-state index contributed by atoms with van der Waals surface area (Å²) in [4.78, 5) is 2.58. The van der Waals surface area contributed by atoms with Gasteiger partial charge < -0.3 is 10.6 Å². The second-order valence-electron chi connectivity index (χ2n) is 6.38. The number of likely N-dealkylation sites (tertiary alicyclic amines) is 1. The molecule has 1 aromatic carbocycles. The number of hydrogen-bond donors (Lipinski definition) is 1. The van der Waals surface area contributed by atoms with Crippen LogP contribution < -0.4 is 5.73 Å². The van der Waals surface area contributed by atoms with Crippen LogP contribution in [-0.4, -0.2) is 30.6 Å². The van der Waals surface area contributed by atoms with Crippen LogP contribution in [-0.2, 0) is 0 Å². The Labute approximate surface area is 129 Å². The third kappa shape index (κ3) is 3.75. The highest BCUT2D eigenvalue weighted by molar-refractivity contribution is 5.85. The first-order chi connectivity index (χ1) is 9.33. The van der Waals surface area contributed by atoms with Gasteiger partial charge in [-0.25, -0.2) is 0 Å². The molecule has 1 saturated carbocycles. The van der Waals surface area contributed by atoms with Crippen molar-refractivity contribution in [3.05, 3.63) is 35.9 Å². The fourth-order valence-electron chi connectivity index (χ4n) is 3.81. The molecular formula is C17H27ClN2. The van der Waals surface area contributed by atoms with E-state index in [0.717, 1.165) is 19.0 Å². The van der Waals surface area contributed by atoms with E-state index in [1.807, 2.05) is 0 Å². The SMILES string of the molecule is Cl.N[C@@H]1CN(CCC2CCCC2)C[C@H]1c1ccccc1. The summed E-state index contributed by atoms with van der Waals surface area (Å²) < 4.78 is 0. The van der Waals surface area contributed by atoms with Gasteiger partial charge in [0.2, 0.25) is 0 Å². The van der Waals surface area contributed by atoms with E-state index >= 15 is 0 Å². The van der Waals surface area contributed by atoms with Gasteiger partial charge in [0, 0.05) is 25.0 Å². The summed E-state index contributed by atoms with van der Waals surface area (Å²) in [7, 11) is 0. The molecule has 1 saturated heterocycles. The Kier molecular flexibility index (Phi) is 5.88. The molecular weight excluding hydrogens is 268 g/mol. The Morgan fingerprint density at radius 2 is 1.75 bits per heavy atom. The summed E-state index contributed by atoms with van der Waals surface area (Å²) in [5.41, 5.74) is 7.76. The zero-order chi connectivity index (χ0) is 13.1. The molecule has 2 nitrogen and oxygen atoms in total. The highest BCUT2D eigenvalue weighted by Gasteiger charge is 2.31. The second kappa shape index (κ2) is 7.44. The van der Waals surface area contributed by atoms with Crippen molar-refractivity contribution in [3.63, 3.8) is 0 Å². The van der Waals surface area contributed by atoms with Crippen LogP contribution in [0.3, 0.4) is 0 Å². The molecule has 2 aliphatic rings. The Morgan fingerprint density at radius 1 is 1.05 bits per heavy atom. The summed E-state index contributed by atoms with van der Waals surface area (Å²) in [6.07, 6.45) is 7.21. The summed E-state index contributed by atoms with van der Waals surface area (Å²) in [5, 5.41) is 0. The number of hydrogen-bond acceptors (Lipinski definition) is 2. The maximum Gasteiger partial charge on any atom is 0.0249 e. The fourth-order valence-corrected chi connectivity index (χ4v) is 3.81. The molecule has 2 atom stereocenters. The minimum absolute atomic E-state index is 0. The maximum absolute atomic E-state index is 6.34. The molecule has 0 amide bonds. The molecule has 2 fully saturated rings. The summed E-state index contributed by atoms with van der Waals surface area (Å²) in [6, 6.07) is 11.1. The topological polar surface area (TPSA) is 29.3 Å². The number of rotatable bonds is 4. The highest BCUT2D eigenvalue weighted by Crippen LogP contribution is 2.30. The van der Waals surface area contributed by atoms with Gasteiger partial charge in [-0.3, -0.25) is 0 Å². The van der Waals surface area contributed by atoms with E-state index in [1.54, 1.807) is 0 Å². The lowest BCUT2D eigenvalue weighted by Gasteiger charge is -2.18. The van der Waals surface area contributed by atoms with Gasteiger partial charge in [-0.1, -0.05) is 56.0 Å². The van der Waals surface area contributed by atoms with Gasteiger partial charge in [-0.15, -0.1) is 12.4 Å². The van der Waals surface area contributed by atoms with E-state index in [4.69, 9.17) is 5.73 Å². The molecule has 0 radical (unpaired) electrons. The zero-order valence-electron chi connectivity index (χ0n) is 12.2.